The second-order valence-electron chi connectivity index (χ2n) is 26.1. The molecule has 0 aliphatic carbocycles. The predicted molar refractivity (Wildman–Crippen MR) is 346 cm³/mol. The van der Waals surface area contributed by atoms with Crippen LogP contribution >= 0.6 is 0 Å². The van der Waals surface area contributed by atoms with Crippen molar-refractivity contribution in [2.75, 3.05) is 26.4 Å². The molecule has 17 atom stereocenters. The van der Waals surface area contributed by atoms with Crippen LogP contribution < -0.4 is 5.32 Å². The molecule has 0 bridgehead atoms. The van der Waals surface area contributed by atoms with E-state index in [0.29, 0.717) is 12.8 Å². The number of carbonyl (C=O) groups excluding carboxylic acids is 1. The third-order valence-electron chi connectivity index (χ3n) is 18.3. The van der Waals surface area contributed by atoms with E-state index < -0.39 is 124 Å². The summed E-state index contributed by atoms with van der Waals surface area (Å²) in [5.74, 6) is -0.282. The van der Waals surface area contributed by atoms with Crippen LogP contribution in [0.25, 0.3) is 0 Å². The Labute approximate surface area is 537 Å². The van der Waals surface area contributed by atoms with Gasteiger partial charge in [0.15, 0.2) is 18.9 Å². The Morgan fingerprint density at radius 3 is 1.12 bits per heavy atom. The number of hydrogen-bond acceptors (Lipinski definition) is 18. The van der Waals surface area contributed by atoms with Crippen LogP contribution in [0, 0.1) is 0 Å². The highest BCUT2D eigenvalue weighted by molar-refractivity contribution is 5.76. The molecule has 89 heavy (non-hydrogen) atoms. The highest BCUT2D eigenvalue weighted by Crippen LogP contribution is 2.33. The molecule has 1 amide bonds. The molecule has 0 aromatic carbocycles. The summed E-state index contributed by atoms with van der Waals surface area (Å²) in [6.45, 7) is 1.69. The van der Waals surface area contributed by atoms with E-state index in [1.165, 1.54) is 212 Å². The highest BCUT2D eigenvalue weighted by atomic mass is 16.8. The minimum absolute atomic E-state index is 0.240. The summed E-state index contributed by atoms with van der Waals surface area (Å²) in [6.07, 6.45) is 33.7. The lowest BCUT2D eigenvalue weighted by atomic mass is 9.96. The molecule has 0 saturated carbocycles. The summed E-state index contributed by atoms with van der Waals surface area (Å²) >= 11 is 0. The molecule has 3 saturated heterocycles. The van der Waals surface area contributed by atoms with Gasteiger partial charge in [-0.2, -0.15) is 0 Å². The Bertz CT molecular complexity index is 1710. The van der Waals surface area contributed by atoms with Gasteiger partial charge in [-0.05, 0) is 32.1 Å². The first-order valence-electron chi connectivity index (χ1n) is 36.1. The molecular weight excluding hydrogens is 1140 g/mol. The molecule has 3 aliphatic rings. The van der Waals surface area contributed by atoms with Crippen molar-refractivity contribution in [1.82, 2.24) is 5.32 Å². The van der Waals surface area contributed by atoms with E-state index >= 15 is 0 Å². The summed E-state index contributed by atoms with van der Waals surface area (Å²) in [4.78, 5) is 13.4. The van der Waals surface area contributed by atoms with E-state index in [1.54, 1.807) is 6.08 Å². The number of rotatable bonds is 56. The van der Waals surface area contributed by atoms with Crippen molar-refractivity contribution in [3.8, 4) is 0 Å². The number of aliphatic hydroxyl groups excluding tert-OH is 11. The highest BCUT2D eigenvalue weighted by Gasteiger charge is 2.53. The molecule has 19 heteroatoms. The van der Waals surface area contributed by atoms with Gasteiger partial charge in [-0.25, -0.2) is 0 Å². The van der Waals surface area contributed by atoms with E-state index in [-0.39, 0.29) is 18.9 Å². The number of unbranched alkanes of at least 4 members (excludes halogenated alkanes) is 38. The van der Waals surface area contributed by atoms with Crippen molar-refractivity contribution in [3.63, 3.8) is 0 Å². The van der Waals surface area contributed by atoms with Crippen molar-refractivity contribution in [3.05, 3.63) is 24.3 Å². The second kappa shape index (κ2) is 52.5. The fourth-order valence-electron chi connectivity index (χ4n) is 12.4. The standard InChI is InChI=1S/C70H131NO18/c1-3-5-7-9-11-13-15-16-17-18-19-20-21-22-23-24-25-26-27-28-29-30-31-32-33-34-35-36-37-38-40-42-44-46-48-58(76)71-53(54(75)47-45-43-41-39-14-12-10-8-6-4-2)52-84-68-64(82)61(79)66(56(50-73)86-68)89-70-65(83)62(80)67(57(51-74)87-70)88-69-63(81)60(78)59(77)55(49-72)85-69/h14,39,45,47,53-57,59-70,72-75,77-83H,3-13,15-38,40-44,46,48-52H2,1-2H3,(H,71,76)/b39-14+,47-45+. The van der Waals surface area contributed by atoms with Gasteiger partial charge in [0, 0.05) is 6.42 Å². The Morgan fingerprint density at radius 1 is 0.393 bits per heavy atom. The first-order valence-corrected chi connectivity index (χ1v) is 36.1. The Kier molecular flexibility index (Phi) is 48.1. The van der Waals surface area contributed by atoms with Crippen LogP contribution in [-0.4, -0.2) is 193 Å². The molecule has 524 valence electrons. The maximum Gasteiger partial charge on any atom is 0.220 e. The predicted octanol–water partition coefficient (Wildman–Crippen LogP) is 9.83. The number of amides is 1. The number of allylic oxidation sites excluding steroid dienone is 3. The number of nitrogens with one attached hydrogen (secondary N) is 1. The zero-order chi connectivity index (χ0) is 64.7. The van der Waals surface area contributed by atoms with Crippen LogP contribution in [0.5, 0.6) is 0 Å². The molecule has 0 radical (unpaired) electrons. The lowest BCUT2D eigenvalue weighted by Gasteiger charge is -2.48. The zero-order valence-corrected chi connectivity index (χ0v) is 55.4. The van der Waals surface area contributed by atoms with Crippen LogP contribution in [-0.2, 0) is 33.2 Å². The van der Waals surface area contributed by atoms with E-state index in [4.69, 9.17) is 28.4 Å². The lowest BCUT2D eigenvalue weighted by Crippen LogP contribution is -2.66. The topological polar surface area (TPSA) is 307 Å². The normalized spacial score (nSPS) is 28.3. The van der Waals surface area contributed by atoms with Gasteiger partial charge in [-0.1, -0.05) is 269 Å². The molecule has 19 nitrogen and oxygen atoms in total. The van der Waals surface area contributed by atoms with Crippen molar-refractivity contribution in [2.24, 2.45) is 0 Å². The summed E-state index contributed by atoms with van der Waals surface area (Å²) < 4.78 is 34.2. The zero-order valence-electron chi connectivity index (χ0n) is 55.4. The number of aliphatic hydroxyl groups is 11. The molecule has 17 unspecified atom stereocenters. The number of hydrogen-bond donors (Lipinski definition) is 12. The molecule has 3 heterocycles. The van der Waals surface area contributed by atoms with Crippen molar-refractivity contribution < 1.29 is 89.4 Å². The van der Waals surface area contributed by atoms with E-state index in [9.17, 15) is 61.0 Å². The molecular formula is C70H131NO18. The van der Waals surface area contributed by atoms with Gasteiger partial charge in [-0.15, -0.1) is 0 Å². The first-order chi connectivity index (χ1) is 43.3. The van der Waals surface area contributed by atoms with Crippen LogP contribution in [0.3, 0.4) is 0 Å². The number of ether oxygens (including phenoxy) is 6. The van der Waals surface area contributed by atoms with Crippen LogP contribution in [0.4, 0.5) is 0 Å². The third-order valence-corrected chi connectivity index (χ3v) is 18.3. The minimum Gasteiger partial charge on any atom is -0.394 e. The van der Waals surface area contributed by atoms with Gasteiger partial charge >= 0.3 is 0 Å². The molecule has 3 aliphatic heterocycles. The SMILES string of the molecule is CCCCCC/C=C/CC/C=C/C(O)C(COC1OC(CO)C(OC2OC(CO)C(OC3OC(CO)C(O)C(O)C3O)C(O)C2O)C(O)C1O)NC(=O)CCCCCCCCCCCCCCCCCCCCCCCCCCCCCCCCCCCC. The maximum absolute atomic E-state index is 13.4. The number of carbonyl (C=O) groups is 1. The fourth-order valence-corrected chi connectivity index (χ4v) is 12.4. The lowest BCUT2D eigenvalue weighted by molar-refractivity contribution is -0.379. The summed E-state index contributed by atoms with van der Waals surface area (Å²) in [5.41, 5.74) is 0. The molecule has 0 aromatic rings. The van der Waals surface area contributed by atoms with Gasteiger partial charge in [0.2, 0.25) is 5.91 Å². The van der Waals surface area contributed by atoms with Gasteiger partial charge in [-0.3, -0.25) is 4.79 Å². The monoisotopic (exact) mass is 1270 g/mol. The van der Waals surface area contributed by atoms with E-state index in [2.05, 4.69) is 31.3 Å². The summed E-state index contributed by atoms with van der Waals surface area (Å²) in [5, 5.41) is 120. The molecule has 3 rings (SSSR count). The van der Waals surface area contributed by atoms with E-state index in [0.717, 1.165) is 38.5 Å². The second-order valence-corrected chi connectivity index (χ2v) is 26.1. The van der Waals surface area contributed by atoms with Gasteiger partial charge in [0.1, 0.15) is 73.2 Å². The molecule has 3 fully saturated rings. The average molecular weight is 1270 g/mol. The third kappa shape index (κ3) is 34.5. The van der Waals surface area contributed by atoms with E-state index in [1.807, 2.05) is 6.08 Å². The molecule has 0 spiro atoms. The molecule has 12 N–H and O–H groups in total. The molecule has 0 aromatic heterocycles. The Balaban J connectivity index is 1.31. The first kappa shape index (κ1) is 81.5. The van der Waals surface area contributed by atoms with Crippen LogP contribution in [0.15, 0.2) is 24.3 Å². The van der Waals surface area contributed by atoms with Gasteiger partial charge in [0.05, 0.1) is 38.6 Å². The summed E-state index contributed by atoms with van der Waals surface area (Å²) in [7, 11) is 0. The Morgan fingerprint density at radius 2 is 0.719 bits per heavy atom. The summed E-state index contributed by atoms with van der Waals surface area (Å²) in [6, 6.07) is -0.985. The largest absolute Gasteiger partial charge is 0.394 e. The Hall–Kier alpha value is -1.73. The minimum atomic E-state index is -1.98. The fraction of sp³-hybridized carbons (Fsp3) is 0.929. The smallest absolute Gasteiger partial charge is 0.220 e. The van der Waals surface area contributed by atoms with Crippen LogP contribution in [0.2, 0.25) is 0 Å². The average Bonchev–Trinajstić information content (AvgIpc) is 2.03. The van der Waals surface area contributed by atoms with Crippen molar-refractivity contribution >= 4 is 5.91 Å². The maximum atomic E-state index is 13.4. The van der Waals surface area contributed by atoms with Crippen LogP contribution in [0.1, 0.15) is 284 Å². The quantitative estimate of drug-likeness (QED) is 0.0199. The van der Waals surface area contributed by atoms with Gasteiger partial charge < -0.3 is 89.9 Å². The van der Waals surface area contributed by atoms with Crippen molar-refractivity contribution in [1.29, 1.82) is 0 Å². The van der Waals surface area contributed by atoms with Gasteiger partial charge in [0.25, 0.3) is 0 Å². The van der Waals surface area contributed by atoms with Crippen molar-refractivity contribution in [2.45, 2.75) is 388 Å².